The van der Waals surface area contributed by atoms with Crippen LogP contribution in [0.5, 0.6) is 0 Å². The molecule has 8 heteroatoms. The monoisotopic (exact) mass is 417 g/mol. The van der Waals surface area contributed by atoms with Crippen LogP contribution in [0.4, 0.5) is 29.3 Å². The van der Waals surface area contributed by atoms with Gasteiger partial charge >= 0.3 is 12.2 Å². The highest BCUT2D eigenvalue weighted by Crippen LogP contribution is 2.43. The molecular weight excluding hydrogens is 395 g/mol. The Kier molecular flexibility index (Phi) is 5.17. The lowest BCUT2D eigenvalue weighted by Gasteiger charge is -2.29. The van der Waals surface area contributed by atoms with E-state index in [1.807, 2.05) is 0 Å². The van der Waals surface area contributed by atoms with E-state index in [0.717, 1.165) is 30.7 Å². The molecule has 5 nitrogen and oxygen atoms in total. The summed E-state index contributed by atoms with van der Waals surface area (Å²) in [5.41, 5.74) is -0.0579. The number of hydrogen-bond acceptors (Lipinski definition) is 2. The standard InChI is InChI=1S/C22H22F3N3O2/c23-22(24,25)16-5-3-4-15(14-16)21(10-1-2-11-21)19(29)27-17-6-8-18(9-7-17)28-13-12-26-20(28)30/h3-9,14H,1-2,10-13H2,(H,26,30)(H,27,29). The summed E-state index contributed by atoms with van der Waals surface area (Å²) in [6, 6.07) is 11.8. The van der Waals surface area contributed by atoms with E-state index in [-0.39, 0.29) is 11.9 Å². The van der Waals surface area contributed by atoms with Gasteiger partial charge in [0.1, 0.15) is 0 Å². The molecule has 0 unspecified atom stereocenters. The van der Waals surface area contributed by atoms with E-state index >= 15 is 0 Å². The Morgan fingerprint density at radius 2 is 1.77 bits per heavy atom. The first-order chi connectivity index (χ1) is 14.3. The highest BCUT2D eigenvalue weighted by atomic mass is 19.4. The van der Waals surface area contributed by atoms with Crippen molar-refractivity contribution >= 4 is 23.3 Å². The number of halogens is 3. The zero-order valence-corrected chi connectivity index (χ0v) is 16.3. The Balaban J connectivity index is 1.57. The van der Waals surface area contributed by atoms with Crippen LogP contribution in [-0.4, -0.2) is 25.0 Å². The van der Waals surface area contributed by atoms with Crippen LogP contribution in [0.3, 0.4) is 0 Å². The Bertz CT molecular complexity index is 951. The lowest BCUT2D eigenvalue weighted by atomic mass is 9.77. The van der Waals surface area contributed by atoms with Crippen molar-refractivity contribution < 1.29 is 22.8 Å². The summed E-state index contributed by atoms with van der Waals surface area (Å²) in [4.78, 5) is 26.6. The van der Waals surface area contributed by atoms with Crippen molar-refractivity contribution in [2.75, 3.05) is 23.3 Å². The number of nitrogens with one attached hydrogen (secondary N) is 2. The van der Waals surface area contributed by atoms with Gasteiger partial charge in [0.05, 0.1) is 11.0 Å². The molecule has 3 amide bonds. The van der Waals surface area contributed by atoms with Crippen molar-refractivity contribution in [3.63, 3.8) is 0 Å². The predicted octanol–water partition coefficient (Wildman–Crippen LogP) is 4.69. The largest absolute Gasteiger partial charge is 0.416 e. The lowest BCUT2D eigenvalue weighted by molar-refractivity contribution is -0.137. The van der Waals surface area contributed by atoms with Gasteiger partial charge in [-0.1, -0.05) is 31.0 Å². The molecular formula is C22H22F3N3O2. The molecule has 30 heavy (non-hydrogen) atoms. The van der Waals surface area contributed by atoms with E-state index in [4.69, 9.17) is 0 Å². The molecule has 2 aliphatic rings. The zero-order chi connectivity index (χ0) is 21.4. The highest BCUT2D eigenvalue weighted by Gasteiger charge is 2.44. The number of anilines is 2. The molecule has 0 spiro atoms. The van der Waals surface area contributed by atoms with Crippen molar-refractivity contribution in [2.24, 2.45) is 0 Å². The fourth-order valence-corrected chi connectivity index (χ4v) is 4.31. The third-order valence-electron chi connectivity index (χ3n) is 5.93. The van der Waals surface area contributed by atoms with Gasteiger partial charge in [0.15, 0.2) is 0 Å². The quantitative estimate of drug-likeness (QED) is 0.759. The predicted molar refractivity (Wildman–Crippen MR) is 107 cm³/mol. The summed E-state index contributed by atoms with van der Waals surface area (Å²) < 4.78 is 39.6. The summed E-state index contributed by atoms with van der Waals surface area (Å²) >= 11 is 0. The van der Waals surface area contributed by atoms with Crippen LogP contribution in [0.25, 0.3) is 0 Å². The molecule has 0 atom stereocenters. The van der Waals surface area contributed by atoms with Crippen LogP contribution < -0.4 is 15.5 Å². The average molecular weight is 417 g/mol. The summed E-state index contributed by atoms with van der Waals surface area (Å²) in [5.74, 6) is -0.300. The first-order valence-electron chi connectivity index (χ1n) is 9.94. The molecule has 0 bridgehead atoms. The van der Waals surface area contributed by atoms with Gasteiger partial charge in [0.25, 0.3) is 0 Å². The number of alkyl halides is 3. The molecule has 2 N–H and O–H groups in total. The third-order valence-corrected chi connectivity index (χ3v) is 5.93. The highest BCUT2D eigenvalue weighted by molar-refractivity contribution is 6.00. The van der Waals surface area contributed by atoms with Crippen molar-refractivity contribution in [3.05, 3.63) is 59.7 Å². The lowest BCUT2D eigenvalue weighted by Crippen LogP contribution is -2.38. The van der Waals surface area contributed by atoms with Crippen LogP contribution in [-0.2, 0) is 16.4 Å². The van der Waals surface area contributed by atoms with Crippen molar-refractivity contribution in [2.45, 2.75) is 37.3 Å². The van der Waals surface area contributed by atoms with E-state index in [2.05, 4.69) is 10.6 Å². The maximum atomic E-state index is 13.2. The van der Waals surface area contributed by atoms with Crippen LogP contribution >= 0.6 is 0 Å². The van der Waals surface area contributed by atoms with Crippen LogP contribution in [0.1, 0.15) is 36.8 Å². The molecule has 1 saturated carbocycles. The molecule has 0 radical (unpaired) electrons. The first-order valence-corrected chi connectivity index (χ1v) is 9.94. The number of rotatable bonds is 4. The second kappa shape index (κ2) is 7.66. The van der Waals surface area contributed by atoms with Crippen LogP contribution in [0, 0.1) is 0 Å². The molecule has 158 valence electrons. The van der Waals surface area contributed by atoms with Crippen molar-refractivity contribution in [3.8, 4) is 0 Å². The molecule has 1 heterocycles. The number of carbonyl (C=O) groups excluding carboxylic acids is 2. The van der Waals surface area contributed by atoms with Crippen LogP contribution in [0.2, 0.25) is 0 Å². The van der Waals surface area contributed by atoms with Crippen molar-refractivity contribution in [1.82, 2.24) is 5.32 Å². The van der Waals surface area contributed by atoms with Gasteiger partial charge in [-0.15, -0.1) is 0 Å². The number of carbonyl (C=O) groups is 2. The van der Waals surface area contributed by atoms with Gasteiger partial charge in [-0.25, -0.2) is 4.79 Å². The Morgan fingerprint density at radius 3 is 2.37 bits per heavy atom. The minimum atomic E-state index is -4.45. The molecule has 0 aromatic heterocycles. The summed E-state index contributed by atoms with van der Waals surface area (Å²) in [6.07, 6.45) is -1.87. The maximum absolute atomic E-state index is 13.2. The van der Waals surface area contributed by atoms with E-state index in [1.165, 1.54) is 6.07 Å². The van der Waals surface area contributed by atoms with Gasteiger partial charge in [-0.05, 0) is 48.7 Å². The number of amides is 3. The molecule has 1 aliphatic heterocycles. The Morgan fingerprint density at radius 1 is 1.07 bits per heavy atom. The summed E-state index contributed by atoms with van der Waals surface area (Å²) in [5, 5.41) is 5.60. The topological polar surface area (TPSA) is 61.4 Å². The fraction of sp³-hybridized carbons (Fsp3) is 0.364. The SMILES string of the molecule is O=C1NCCN1c1ccc(NC(=O)C2(c3cccc(C(F)(F)F)c3)CCCC2)cc1. The zero-order valence-electron chi connectivity index (χ0n) is 16.3. The number of nitrogens with zero attached hydrogens (tertiary/aromatic N) is 1. The maximum Gasteiger partial charge on any atom is 0.416 e. The normalized spacial score (nSPS) is 18.4. The van der Waals surface area contributed by atoms with E-state index in [1.54, 1.807) is 35.2 Å². The van der Waals surface area contributed by atoms with Gasteiger partial charge in [0, 0.05) is 24.5 Å². The fourth-order valence-electron chi connectivity index (χ4n) is 4.31. The Labute approximate surface area is 172 Å². The van der Waals surface area contributed by atoms with E-state index in [9.17, 15) is 22.8 Å². The van der Waals surface area contributed by atoms with Gasteiger partial charge < -0.3 is 10.6 Å². The molecule has 1 saturated heterocycles. The smallest absolute Gasteiger partial charge is 0.336 e. The summed E-state index contributed by atoms with van der Waals surface area (Å²) in [7, 11) is 0. The molecule has 1 aliphatic carbocycles. The summed E-state index contributed by atoms with van der Waals surface area (Å²) in [6.45, 7) is 1.15. The van der Waals surface area contributed by atoms with Crippen LogP contribution in [0.15, 0.2) is 48.5 Å². The van der Waals surface area contributed by atoms with Gasteiger partial charge in [-0.2, -0.15) is 13.2 Å². The molecule has 4 rings (SSSR count). The minimum absolute atomic E-state index is 0.166. The Hall–Kier alpha value is -3.03. The van der Waals surface area contributed by atoms with Crippen molar-refractivity contribution in [1.29, 1.82) is 0 Å². The first kappa shape index (κ1) is 20.3. The third kappa shape index (κ3) is 3.74. The minimum Gasteiger partial charge on any atom is -0.336 e. The molecule has 2 aromatic carbocycles. The molecule has 2 aromatic rings. The number of urea groups is 1. The second-order valence-electron chi connectivity index (χ2n) is 7.75. The molecule has 2 fully saturated rings. The number of hydrogen-bond donors (Lipinski definition) is 2. The number of benzene rings is 2. The van der Waals surface area contributed by atoms with E-state index < -0.39 is 17.2 Å². The van der Waals surface area contributed by atoms with Gasteiger partial charge in [0.2, 0.25) is 5.91 Å². The average Bonchev–Trinajstić information content (AvgIpc) is 3.38. The van der Waals surface area contributed by atoms with Gasteiger partial charge in [-0.3, -0.25) is 9.69 Å². The second-order valence-corrected chi connectivity index (χ2v) is 7.75. The van der Waals surface area contributed by atoms with E-state index in [0.29, 0.717) is 37.2 Å².